The van der Waals surface area contributed by atoms with Crippen LogP contribution in [0.3, 0.4) is 0 Å². The van der Waals surface area contributed by atoms with E-state index in [-0.39, 0.29) is 17.4 Å². The first-order chi connectivity index (χ1) is 11.9. The summed E-state index contributed by atoms with van der Waals surface area (Å²) in [5, 5.41) is 0.0239. The van der Waals surface area contributed by atoms with Gasteiger partial charge in [-0.25, -0.2) is 0 Å². The second-order valence-electron chi connectivity index (χ2n) is 5.97. The van der Waals surface area contributed by atoms with Gasteiger partial charge in [-0.15, -0.1) is 0 Å². The number of benzene rings is 1. The molecule has 0 aliphatic carbocycles. The number of aromatic nitrogens is 1. The number of aryl methyl sites for hydroxylation is 2. The normalized spacial score (nSPS) is 13.4. The van der Waals surface area contributed by atoms with Gasteiger partial charge in [-0.1, -0.05) is 31.5 Å². The van der Waals surface area contributed by atoms with Crippen molar-refractivity contribution in [3.63, 3.8) is 0 Å². The molecule has 0 aliphatic rings. The van der Waals surface area contributed by atoms with E-state index in [1.807, 2.05) is 0 Å². The number of hydrogen-bond acceptors (Lipinski definition) is 1. The lowest BCUT2D eigenvalue weighted by Crippen LogP contribution is -2.52. The van der Waals surface area contributed by atoms with Crippen molar-refractivity contribution < 1.29 is 30.7 Å². The van der Waals surface area contributed by atoms with E-state index in [0.717, 1.165) is 11.5 Å². The van der Waals surface area contributed by atoms with Crippen molar-refractivity contribution in [2.75, 3.05) is 0 Å². The lowest BCUT2D eigenvalue weighted by atomic mass is 9.95. The summed E-state index contributed by atoms with van der Waals surface area (Å²) < 4.78 is 94.1. The van der Waals surface area contributed by atoms with Gasteiger partial charge in [0, 0.05) is 11.9 Å². The fraction of sp³-hybridized carbons (Fsp3) is 0.471. The van der Waals surface area contributed by atoms with E-state index < -0.39 is 34.7 Å². The monoisotopic (exact) mass is 383 g/mol. The van der Waals surface area contributed by atoms with E-state index in [4.69, 9.17) is 0 Å². The Bertz CT molecular complexity index is 868. The summed E-state index contributed by atoms with van der Waals surface area (Å²) in [5.41, 5.74) is -3.75. The standard InChI is InChI=1S/C17H16F7NO/c1-3-4-9-25-12-8-6-5-7-11(12)10(2)13(14(25)26)15(18,19)16(20,21)17(22,23)24/h5-8H,3-4,9H2,1-2H3. The predicted molar refractivity (Wildman–Crippen MR) is 82.7 cm³/mol. The van der Waals surface area contributed by atoms with Crippen molar-refractivity contribution in [3.05, 3.63) is 45.7 Å². The van der Waals surface area contributed by atoms with Crippen LogP contribution in [0.2, 0.25) is 0 Å². The van der Waals surface area contributed by atoms with Gasteiger partial charge < -0.3 is 4.57 Å². The molecule has 2 nitrogen and oxygen atoms in total. The summed E-state index contributed by atoms with van der Waals surface area (Å²) in [6, 6.07) is 5.68. The minimum atomic E-state index is -6.50. The second kappa shape index (κ2) is 6.59. The first kappa shape index (κ1) is 20.3. The van der Waals surface area contributed by atoms with E-state index >= 15 is 0 Å². The lowest BCUT2D eigenvalue weighted by molar-refractivity contribution is -0.360. The summed E-state index contributed by atoms with van der Waals surface area (Å²) in [7, 11) is 0. The van der Waals surface area contributed by atoms with Crippen molar-refractivity contribution in [2.24, 2.45) is 0 Å². The van der Waals surface area contributed by atoms with Gasteiger partial charge in [0.05, 0.1) is 11.1 Å². The number of halogens is 7. The zero-order valence-electron chi connectivity index (χ0n) is 13.9. The zero-order valence-corrected chi connectivity index (χ0v) is 13.9. The number of fused-ring (bicyclic) bond motifs is 1. The molecule has 0 atom stereocenters. The molecule has 0 amide bonds. The maximum atomic E-state index is 14.3. The molecular weight excluding hydrogens is 367 g/mol. The Labute approximate surface area is 144 Å². The highest BCUT2D eigenvalue weighted by Crippen LogP contribution is 2.52. The Morgan fingerprint density at radius 1 is 1.00 bits per heavy atom. The second-order valence-corrected chi connectivity index (χ2v) is 5.97. The van der Waals surface area contributed by atoms with Crippen molar-refractivity contribution in [1.82, 2.24) is 4.57 Å². The minimum absolute atomic E-state index is 0.0239. The molecule has 1 aromatic carbocycles. The van der Waals surface area contributed by atoms with Gasteiger partial charge in [0.25, 0.3) is 5.56 Å². The van der Waals surface area contributed by atoms with Crippen LogP contribution in [-0.4, -0.2) is 16.7 Å². The highest BCUT2D eigenvalue weighted by Gasteiger charge is 2.74. The van der Waals surface area contributed by atoms with E-state index in [9.17, 15) is 35.5 Å². The fourth-order valence-corrected chi connectivity index (χ4v) is 2.81. The summed E-state index contributed by atoms with van der Waals surface area (Å²) in [5.74, 6) is -12.1. The molecule has 0 saturated carbocycles. The molecule has 0 unspecified atom stereocenters. The van der Waals surface area contributed by atoms with Crippen LogP contribution in [-0.2, 0) is 12.5 Å². The Balaban J connectivity index is 2.89. The molecule has 26 heavy (non-hydrogen) atoms. The van der Waals surface area contributed by atoms with E-state index in [2.05, 4.69) is 0 Å². The van der Waals surface area contributed by atoms with Crippen LogP contribution in [0.5, 0.6) is 0 Å². The van der Waals surface area contributed by atoms with Crippen molar-refractivity contribution in [3.8, 4) is 0 Å². The third-order valence-corrected chi connectivity index (χ3v) is 4.23. The smallest absolute Gasteiger partial charge is 0.308 e. The van der Waals surface area contributed by atoms with E-state index in [1.165, 1.54) is 24.3 Å². The van der Waals surface area contributed by atoms with Crippen molar-refractivity contribution >= 4 is 10.9 Å². The van der Waals surface area contributed by atoms with Crippen LogP contribution in [0.1, 0.15) is 30.9 Å². The summed E-state index contributed by atoms with van der Waals surface area (Å²) in [4.78, 5) is 12.5. The lowest BCUT2D eigenvalue weighted by Gasteiger charge is -2.29. The van der Waals surface area contributed by atoms with Gasteiger partial charge in [0.15, 0.2) is 0 Å². The van der Waals surface area contributed by atoms with Crippen LogP contribution in [0.4, 0.5) is 30.7 Å². The van der Waals surface area contributed by atoms with Crippen LogP contribution >= 0.6 is 0 Å². The van der Waals surface area contributed by atoms with Gasteiger partial charge in [-0.05, 0) is 25.0 Å². The van der Waals surface area contributed by atoms with Crippen LogP contribution < -0.4 is 5.56 Å². The van der Waals surface area contributed by atoms with Crippen LogP contribution in [0.15, 0.2) is 29.1 Å². The Morgan fingerprint density at radius 2 is 1.58 bits per heavy atom. The van der Waals surface area contributed by atoms with Gasteiger partial charge in [-0.2, -0.15) is 30.7 Å². The summed E-state index contributed by atoms with van der Waals surface area (Å²) >= 11 is 0. The Morgan fingerprint density at radius 3 is 2.12 bits per heavy atom. The highest BCUT2D eigenvalue weighted by molar-refractivity contribution is 5.83. The minimum Gasteiger partial charge on any atom is -0.308 e. The number of rotatable bonds is 5. The molecule has 2 rings (SSSR count). The highest BCUT2D eigenvalue weighted by atomic mass is 19.4. The third-order valence-electron chi connectivity index (χ3n) is 4.23. The Hall–Kier alpha value is -2.06. The molecule has 0 saturated heterocycles. The number of hydrogen-bond donors (Lipinski definition) is 0. The molecule has 0 fully saturated rings. The number of unbranched alkanes of at least 4 members (excludes halogenated alkanes) is 1. The molecule has 0 bridgehead atoms. The predicted octanol–water partition coefficient (Wildman–Crippen LogP) is 5.40. The van der Waals surface area contributed by atoms with Crippen LogP contribution in [0.25, 0.3) is 10.9 Å². The van der Waals surface area contributed by atoms with E-state index in [1.54, 1.807) is 6.92 Å². The molecule has 0 N–H and O–H groups in total. The largest absolute Gasteiger partial charge is 0.460 e. The van der Waals surface area contributed by atoms with Gasteiger partial charge in [0.2, 0.25) is 0 Å². The molecule has 0 radical (unpaired) electrons. The molecule has 1 heterocycles. The SMILES string of the molecule is CCCCn1c(=O)c(C(F)(F)C(F)(F)C(F)(F)F)c(C)c2ccccc21. The van der Waals surface area contributed by atoms with Crippen LogP contribution in [0, 0.1) is 6.92 Å². The molecular formula is C17H16F7NO. The summed E-state index contributed by atoms with van der Waals surface area (Å²) in [6.45, 7) is 2.63. The van der Waals surface area contributed by atoms with Crippen molar-refractivity contribution in [2.45, 2.75) is 51.3 Å². The maximum absolute atomic E-state index is 14.3. The number of para-hydroxylation sites is 1. The fourth-order valence-electron chi connectivity index (χ4n) is 2.81. The number of alkyl halides is 7. The third kappa shape index (κ3) is 2.97. The molecule has 9 heteroatoms. The number of nitrogens with zero attached hydrogens (tertiary/aromatic N) is 1. The maximum Gasteiger partial charge on any atom is 0.460 e. The average Bonchev–Trinajstić information content (AvgIpc) is 2.53. The van der Waals surface area contributed by atoms with Gasteiger partial charge in [-0.3, -0.25) is 4.79 Å². The van der Waals surface area contributed by atoms with Crippen molar-refractivity contribution in [1.29, 1.82) is 0 Å². The molecule has 0 aliphatic heterocycles. The first-order valence-corrected chi connectivity index (χ1v) is 7.82. The molecule has 2 aromatic rings. The molecule has 1 aromatic heterocycles. The topological polar surface area (TPSA) is 22.0 Å². The zero-order chi connectivity index (χ0) is 19.9. The first-order valence-electron chi connectivity index (χ1n) is 7.82. The van der Waals surface area contributed by atoms with Gasteiger partial charge >= 0.3 is 18.0 Å². The molecule has 144 valence electrons. The average molecular weight is 383 g/mol. The number of pyridine rings is 1. The quantitative estimate of drug-likeness (QED) is 0.634. The van der Waals surface area contributed by atoms with Gasteiger partial charge in [0.1, 0.15) is 0 Å². The van der Waals surface area contributed by atoms with E-state index in [0.29, 0.717) is 12.8 Å². The summed E-state index contributed by atoms with van der Waals surface area (Å²) in [6.07, 6.45) is -5.57. The Kier molecular flexibility index (Phi) is 5.13. The molecule has 0 spiro atoms.